The second-order valence-corrected chi connectivity index (χ2v) is 34.7. The van der Waals surface area contributed by atoms with Crippen molar-refractivity contribution in [2.75, 3.05) is 13.1 Å². The highest BCUT2D eigenvalue weighted by molar-refractivity contribution is 7.91. The summed E-state index contributed by atoms with van der Waals surface area (Å²) < 4.78 is 181. The smallest absolute Gasteiger partial charge is 0.416 e. The van der Waals surface area contributed by atoms with Crippen LogP contribution in [0.5, 0.6) is 12.2 Å². The lowest BCUT2D eigenvalue weighted by molar-refractivity contribution is -0.147. The molecule has 4 aromatic carbocycles. The number of alkyl halides is 6. The van der Waals surface area contributed by atoms with Gasteiger partial charge in [0.05, 0.1) is 56.6 Å². The molecule has 14 rings (SSSR count). The van der Waals surface area contributed by atoms with Crippen LogP contribution in [-0.2, 0) is 74.0 Å². The van der Waals surface area contributed by atoms with Crippen LogP contribution in [0.25, 0.3) is 22.2 Å². The molecule has 6 fully saturated rings. The molecule has 0 spiro atoms. The van der Waals surface area contributed by atoms with E-state index in [1.165, 1.54) is 9.80 Å². The minimum atomic E-state index is -4.80. The van der Waals surface area contributed by atoms with Gasteiger partial charge in [0.25, 0.3) is 0 Å². The first-order chi connectivity index (χ1) is 50.4. The Morgan fingerprint density at radius 2 is 1.03 bits per heavy atom. The van der Waals surface area contributed by atoms with Crippen molar-refractivity contribution < 1.29 is 104 Å². The zero-order valence-corrected chi connectivity index (χ0v) is 60.5. The van der Waals surface area contributed by atoms with Crippen LogP contribution in [0.4, 0.5) is 35.1 Å². The van der Waals surface area contributed by atoms with Gasteiger partial charge >= 0.3 is 30.5 Å². The van der Waals surface area contributed by atoms with Crippen molar-refractivity contribution in [2.45, 2.75) is 201 Å². The molecule has 10 atom stereocenters. The highest BCUT2D eigenvalue weighted by Crippen LogP contribution is 2.59. The average molecular weight is 1540 g/mol. The molecule has 3 amide bonds. The Balaban J connectivity index is 0.000000182. The number of sulfonamides is 2. The first-order valence-corrected chi connectivity index (χ1v) is 39.1. The molecule has 6 heterocycles. The summed E-state index contributed by atoms with van der Waals surface area (Å²) in [5.74, 6) is -8.24. The number of aromatic nitrogens is 2. The summed E-state index contributed by atoms with van der Waals surface area (Å²) in [6.45, 7) is 3.11. The predicted octanol–water partition coefficient (Wildman–Crippen LogP) is 13.3. The Hall–Kier alpha value is -8.58. The van der Waals surface area contributed by atoms with Gasteiger partial charge in [-0.3, -0.25) is 33.5 Å². The number of primary sulfonamides is 1. The maximum Gasteiger partial charge on any atom is 0.416 e. The molecule has 2 aromatic heterocycles. The largest absolute Gasteiger partial charge is 0.481 e. The normalized spacial score (nSPS) is 28.1. The molecule has 4 aliphatic carbocycles. The van der Waals surface area contributed by atoms with Crippen LogP contribution in [0.2, 0.25) is 0 Å². The molecular formula is C76H84F8N6O15S2. The third-order valence-electron chi connectivity index (χ3n) is 22.3. The second kappa shape index (κ2) is 30.5. The molecule has 2 saturated heterocycles. The van der Waals surface area contributed by atoms with E-state index in [0.29, 0.717) is 92.1 Å². The van der Waals surface area contributed by atoms with Crippen molar-refractivity contribution in [1.29, 1.82) is 0 Å². The van der Waals surface area contributed by atoms with Crippen LogP contribution in [0.3, 0.4) is 0 Å². The standard InChI is InChI=1S/C38H41F4N3O7S.C34H34F4N2O6.C4H9NO2S/c1-36(13-14-36)53(49,50)44-34(48)37-20-25(37)10-6-4-2-3-5-9-24(15-23-16-26(38(40,41)42)18-27(39)17-23)33(47)45-22-28(19-30(45)31(46)21-37)51-35-43-29-11-7-8-12-32(29)52-35;35-24-14-20(13-23(15-24)34(36,37)38)12-21-8-4-2-1-3-5-9-22-17-33(22,31(43)44)18-28(41)27-16-25(19-40(27)30(21)42)45-32-39-26-10-6-7-11-29(26)46-32;1-4(2-3-4)8(5,6)7/h6-8,10-12,16-18,24-25,28,30H,2-5,9,13-15,19-22H2,1H3,(H,44,48);5-7,9-11,13-15,21-22,25,27H,1-4,8,12,16-19H2,(H,43,44);2-3H2,1H3,(H2,5,6,7)/b10-6-;9-5-;/t24-,25-,28-,30+,37-;21-,22-,25-,27+,33-;/m11./s1. The van der Waals surface area contributed by atoms with Crippen molar-refractivity contribution >= 4 is 77.5 Å². The Bertz CT molecular complexity index is 4620. The quantitative estimate of drug-likeness (QED) is 0.0715. The van der Waals surface area contributed by atoms with Gasteiger partial charge in [0.15, 0.2) is 22.7 Å². The Labute approximate surface area is 612 Å². The maximum absolute atomic E-state index is 14.5. The number of ketones is 2. The van der Waals surface area contributed by atoms with Crippen LogP contribution in [0.1, 0.15) is 165 Å². The molecule has 4 saturated carbocycles. The number of carbonyl (C=O) groups excluding carboxylic acids is 5. The topological polar surface area (TPSA) is 306 Å². The molecule has 0 bridgehead atoms. The minimum Gasteiger partial charge on any atom is -0.481 e. The third-order valence-corrected chi connectivity index (χ3v) is 26.3. The van der Waals surface area contributed by atoms with Gasteiger partial charge in [-0.25, -0.2) is 30.8 Å². The van der Waals surface area contributed by atoms with Gasteiger partial charge in [-0.15, -0.1) is 0 Å². The molecule has 6 aromatic rings. The van der Waals surface area contributed by atoms with Crippen LogP contribution >= 0.6 is 0 Å². The number of nitrogens with one attached hydrogen (secondary N) is 1. The number of ether oxygens (including phenoxy) is 2. The Kier molecular flexibility index (Phi) is 22.2. The molecular weight excluding hydrogens is 1450 g/mol. The SMILES string of the molecule is CC1(S(=O)(=O)NC(=O)[C@]23CC(=O)[C@@H]4C[C@@H](Oc5nc6ccccc6o5)CN4C(=O)[C@@H](Cc4cc(F)cc(C(F)(F)F)c4)CCCCC/C=C\[C@@H]2C3)CC1.CC1(S(N)(=O)=O)CC1.O=C1C[C@]2(C(=O)O)C[C@H]2/C=C\CCCCC[C@H](Cc2cc(F)cc(C(F)(F)F)c2)C(=O)N2C[C@H](Oc3nc4ccccc4o3)C[C@@H]12. The van der Waals surface area contributed by atoms with Gasteiger partial charge < -0.3 is 33.2 Å². The summed E-state index contributed by atoms with van der Waals surface area (Å²) in [6.07, 6.45) is 4.33. The first-order valence-electron chi connectivity index (χ1n) is 36.1. The van der Waals surface area contributed by atoms with Crippen LogP contribution < -0.4 is 19.3 Å². The number of oxazole rings is 2. The number of allylic oxidation sites excluding steroid dienone is 4. The Morgan fingerprint density at radius 1 is 0.607 bits per heavy atom. The zero-order chi connectivity index (χ0) is 76.8. The van der Waals surface area contributed by atoms with E-state index in [1.54, 1.807) is 62.4 Å². The molecule has 4 aliphatic heterocycles. The number of hydrogen-bond donors (Lipinski definition) is 3. The van der Waals surface area contributed by atoms with Crippen LogP contribution in [0.15, 0.2) is 118 Å². The number of Topliss-reactive ketones (excluding diaryl/α,β-unsaturated/α-hetero) is 2. The molecule has 107 heavy (non-hydrogen) atoms. The van der Waals surface area contributed by atoms with E-state index in [1.807, 2.05) is 24.3 Å². The fourth-order valence-corrected chi connectivity index (χ4v) is 17.0. The number of hydrogen-bond acceptors (Lipinski definition) is 16. The summed E-state index contributed by atoms with van der Waals surface area (Å²) in [4.78, 5) is 94.6. The van der Waals surface area contributed by atoms with Crippen LogP contribution in [-0.4, -0.2) is 124 Å². The summed E-state index contributed by atoms with van der Waals surface area (Å²) in [5.41, 5.74) is -2.82. The van der Waals surface area contributed by atoms with E-state index in [0.717, 1.165) is 56.4 Å². The summed E-state index contributed by atoms with van der Waals surface area (Å²) >= 11 is 0. The fraction of sp³-hybridized carbons (Fsp3) is 0.526. The Morgan fingerprint density at radius 3 is 1.43 bits per heavy atom. The number of aliphatic carboxylic acids is 1. The van der Waals surface area contributed by atoms with E-state index >= 15 is 0 Å². The molecule has 31 heteroatoms. The number of para-hydroxylation sites is 4. The lowest BCUT2D eigenvalue weighted by atomic mass is 9.89. The molecule has 4 N–H and O–H groups in total. The zero-order valence-electron chi connectivity index (χ0n) is 58.9. The van der Waals surface area contributed by atoms with Crippen molar-refractivity contribution in [3.63, 3.8) is 0 Å². The van der Waals surface area contributed by atoms with E-state index in [-0.39, 0.29) is 99.6 Å². The first kappa shape index (κ1) is 78.0. The summed E-state index contributed by atoms with van der Waals surface area (Å²) in [6, 6.07) is 16.4. The number of halogens is 8. The monoisotopic (exact) mass is 1540 g/mol. The lowest BCUT2D eigenvalue weighted by Crippen LogP contribution is -2.47. The number of carboxylic acids is 1. The van der Waals surface area contributed by atoms with Gasteiger partial charge in [0.1, 0.15) is 34.9 Å². The van der Waals surface area contributed by atoms with Gasteiger partial charge in [-0.05, 0) is 187 Å². The number of nitrogens with two attached hydrogens (primary N) is 1. The van der Waals surface area contributed by atoms with Crippen molar-refractivity contribution in [1.82, 2.24) is 24.5 Å². The molecule has 0 radical (unpaired) electrons. The second-order valence-electron chi connectivity index (χ2n) is 30.4. The number of amides is 3. The van der Waals surface area contributed by atoms with E-state index < -0.39 is 147 Å². The molecule has 0 unspecified atom stereocenters. The summed E-state index contributed by atoms with van der Waals surface area (Å²) in [5, 5.41) is 14.9. The van der Waals surface area contributed by atoms with Crippen molar-refractivity contribution in [3.8, 4) is 12.2 Å². The van der Waals surface area contributed by atoms with Crippen LogP contribution in [0, 0.1) is 46.1 Å². The predicted molar refractivity (Wildman–Crippen MR) is 372 cm³/mol. The van der Waals surface area contributed by atoms with Gasteiger partial charge in [0, 0.05) is 37.5 Å². The van der Waals surface area contributed by atoms with E-state index in [4.69, 9.17) is 23.4 Å². The lowest BCUT2D eigenvalue weighted by Gasteiger charge is -2.29. The maximum atomic E-state index is 14.5. The molecule has 21 nitrogen and oxygen atoms in total. The molecule has 8 aliphatic rings. The number of carboxylic acid groups (broad SMARTS) is 1. The van der Waals surface area contributed by atoms with Gasteiger partial charge in [-0.1, -0.05) is 74.3 Å². The van der Waals surface area contributed by atoms with Crippen molar-refractivity contribution in [2.24, 2.45) is 39.6 Å². The van der Waals surface area contributed by atoms with Crippen molar-refractivity contribution in [3.05, 3.63) is 143 Å². The van der Waals surface area contributed by atoms with E-state index in [2.05, 4.69) is 14.7 Å². The average Bonchev–Trinajstić information content (AvgIpc) is 1.56. The molecule has 576 valence electrons. The third kappa shape index (κ3) is 17.9. The number of fused-ring (bicyclic) bond motifs is 6. The summed E-state index contributed by atoms with van der Waals surface area (Å²) in [7, 11) is -7.23. The van der Waals surface area contributed by atoms with Gasteiger partial charge in [-0.2, -0.15) is 36.3 Å². The minimum absolute atomic E-state index is 0.000104. The van der Waals surface area contributed by atoms with E-state index in [9.17, 15) is 85.8 Å². The number of carbonyl (C=O) groups is 6. The highest BCUT2D eigenvalue weighted by atomic mass is 32.2. The van der Waals surface area contributed by atoms with Gasteiger partial charge in [0.2, 0.25) is 37.8 Å². The number of benzene rings is 4. The number of rotatable bonds is 13. The highest BCUT2D eigenvalue weighted by Gasteiger charge is 2.64. The number of nitrogens with zero attached hydrogens (tertiary/aromatic N) is 4. The fourth-order valence-electron chi connectivity index (χ4n) is 15.0.